The molecular formula is C28H31N9O4. The van der Waals surface area contributed by atoms with Crippen molar-refractivity contribution in [1.82, 2.24) is 29.6 Å². The van der Waals surface area contributed by atoms with Crippen LogP contribution in [0, 0.1) is 6.92 Å². The van der Waals surface area contributed by atoms with Gasteiger partial charge in [-0.25, -0.2) is 14.4 Å². The molecule has 0 unspecified atom stereocenters. The topological polar surface area (TPSA) is 145 Å². The van der Waals surface area contributed by atoms with E-state index >= 15 is 0 Å². The average molecular weight is 558 g/mol. The number of imidazole rings is 1. The Morgan fingerprint density at radius 1 is 1.27 bits per heavy atom. The van der Waals surface area contributed by atoms with Crippen LogP contribution in [0.25, 0.3) is 11.0 Å². The molecule has 1 fully saturated rings. The van der Waals surface area contributed by atoms with Gasteiger partial charge in [-0.2, -0.15) is 0 Å². The number of aromatic nitrogens is 5. The largest absolute Gasteiger partial charge is 0.482 e. The number of amides is 1. The van der Waals surface area contributed by atoms with Gasteiger partial charge < -0.3 is 24.7 Å². The Labute approximate surface area is 235 Å². The third-order valence-electron chi connectivity index (χ3n) is 6.61. The van der Waals surface area contributed by atoms with Gasteiger partial charge >= 0.3 is 5.69 Å². The minimum absolute atomic E-state index is 0.0366. The van der Waals surface area contributed by atoms with E-state index in [9.17, 15) is 9.59 Å². The Balaban J connectivity index is 1.45. The first-order valence-corrected chi connectivity index (χ1v) is 13.1. The molecule has 1 aliphatic rings. The molecule has 13 heteroatoms. The molecule has 3 aromatic heterocycles. The molecule has 1 aliphatic heterocycles. The monoisotopic (exact) mass is 557 g/mol. The second-order valence-electron chi connectivity index (χ2n) is 9.24. The van der Waals surface area contributed by atoms with Crippen LogP contribution >= 0.6 is 0 Å². The Hall–Kier alpha value is -5.04. The molecule has 0 radical (unpaired) electrons. The van der Waals surface area contributed by atoms with Crippen LogP contribution < -0.4 is 26.0 Å². The number of allylic oxidation sites excluding steroid dienone is 2. The van der Waals surface area contributed by atoms with E-state index < -0.39 is 5.91 Å². The van der Waals surface area contributed by atoms with Gasteiger partial charge in [0.15, 0.2) is 6.61 Å². The highest BCUT2D eigenvalue weighted by atomic mass is 16.5. The number of nitrogens with zero attached hydrogens (tertiary/aromatic N) is 7. The van der Waals surface area contributed by atoms with Gasteiger partial charge in [0, 0.05) is 46.3 Å². The zero-order valence-corrected chi connectivity index (χ0v) is 23.1. The fraction of sp³-hybridized carbons (Fsp3) is 0.286. The number of carbonyl (C=O) groups is 1. The van der Waals surface area contributed by atoms with E-state index in [0.29, 0.717) is 34.3 Å². The van der Waals surface area contributed by atoms with Crippen molar-refractivity contribution in [1.29, 1.82) is 0 Å². The molecule has 4 aromatic rings. The van der Waals surface area contributed by atoms with E-state index in [4.69, 9.17) is 9.15 Å². The Kier molecular flexibility index (Phi) is 8.06. The summed E-state index contributed by atoms with van der Waals surface area (Å²) in [4.78, 5) is 37.7. The number of aliphatic imine (C=N–C) groups is 1. The average Bonchev–Trinajstić information content (AvgIpc) is 3.53. The molecular weight excluding hydrogens is 526 g/mol. The predicted molar refractivity (Wildman–Crippen MR) is 155 cm³/mol. The number of pyridine rings is 1. The molecule has 0 saturated carbocycles. The SMILES string of the molecule is C=CC(=N/C(=C\C)C(=O)Nc1cnccc1N1CCNCC1)n1c(=O)n(C)c2c(OCc3nnc(C)o3)cccc21. The zero-order valence-electron chi connectivity index (χ0n) is 23.1. The van der Waals surface area contributed by atoms with Crippen LogP contribution in [-0.2, 0) is 18.4 Å². The van der Waals surface area contributed by atoms with Crippen molar-refractivity contribution < 1.29 is 13.9 Å². The van der Waals surface area contributed by atoms with Crippen molar-refractivity contribution in [3.8, 4) is 5.75 Å². The third-order valence-corrected chi connectivity index (χ3v) is 6.61. The summed E-state index contributed by atoms with van der Waals surface area (Å²) in [6, 6.07) is 7.15. The number of para-hydroxylation sites is 1. The summed E-state index contributed by atoms with van der Waals surface area (Å²) in [6.45, 7) is 10.6. The molecule has 1 saturated heterocycles. The summed E-state index contributed by atoms with van der Waals surface area (Å²) in [7, 11) is 1.63. The summed E-state index contributed by atoms with van der Waals surface area (Å²) < 4.78 is 14.2. The molecule has 13 nitrogen and oxygen atoms in total. The molecule has 212 valence electrons. The van der Waals surface area contributed by atoms with Crippen molar-refractivity contribution in [2.24, 2.45) is 12.0 Å². The second-order valence-corrected chi connectivity index (χ2v) is 9.24. The highest BCUT2D eigenvalue weighted by molar-refractivity contribution is 6.09. The zero-order chi connectivity index (χ0) is 28.9. The first-order chi connectivity index (χ1) is 19.9. The number of aryl methyl sites for hydroxylation is 2. The number of rotatable bonds is 8. The first kappa shape index (κ1) is 27.5. The smallest absolute Gasteiger partial charge is 0.334 e. The number of anilines is 2. The Morgan fingerprint density at radius 3 is 2.78 bits per heavy atom. The minimum Gasteiger partial charge on any atom is -0.482 e. The van der Waals surface area contributed by atoms with Gasteiger partial charge in [0.2, 0.25) is 5.89 Å². The van der Waals surface area contributed by atoms with E-state index in [1.165, 1.54) is 15.2 Å². The van der Waals surface area contributed by atoms with Crippen LogP contribution in [0.2, 0.25) is 0 Å². The van der Waals surface area contributed by atoms with Crippen LogP contribution in [0.1, 0.15) is 18.7 Å². The maximum absolute atomic E-state index is 13.4. The lowest BCUT2D eigenvalue weighted by atomic mass is 10.2. The van der Waals surface area contributed by atoms with Gasteiger partial charge in [-0.1, -0.05) is 18.7 Å². The fourth-order valence-corrected chi connectivity index (χ4v) is 4.66. The predicted octanol–water partition coefficient (Wildman–Crippen LogP) is 2.39. The number of ether oxygens (including phenoxy) is 1. The number of benzene rings is 1. The fourth-order valence-electron chi connectivity index (χ4n) is 4.66. The number of nitrogens with one attached hydrogen (secondary N) is 2. The molecule has 1 aromatic carbocycles. The van der Waals surface area contributed by atoms with Crippen LogP contribution in [0.15, 0.2) is 75.3 Å². The molecule has 1 amide bonds. The number of hydrogen-bond donors (Lipinski definition) is 2. The second kappa shape index (κ2) is 12.0. The molecule has 0 aliphatic carbocycles. The van der Waals surface area contributed by atoms with E-state index in [-0.39, 0.29) is 23.8 Å². The Morgan fingerprint density at radius 2 is 2.07 bits per heavy atom. The van der Waals surface area contributed by atoms with Crippen LogP contribution in [-0.4, -0.2) is 62.2 Å². The number of hydrogen-bond acceptors (Lipinski definition) is 10. The van der Waals surface area contributed by atoms with Gasteiger partial charge in [-0.15, -0.1) is 10.2 Å². The number of carbonyl (C=O) groups excluding carboxylic acids is 1. The van der Waals surface area contributed by atoms with Crippen molar-refractivity contribution >= 4 is 34.2 Å². The molecule has 2 N–H and O–H groups in total. The van der Waals surface area contributed by atoms with Crippen LogP contribution in [0.5, 0.6) is 5.75 Å². The van der Waals surface area contributed by atoms with Gasteiger partial charge in [-0.05, 0) is 31.2 Å². The highest BCUT2D eigenvalue weighted by Gasteiger charge is 2.21. The maximum Gasteiger partial charge on any atom is 0.334 e. The van der Waals surface area contributed by atoms with E-state index in [2.05, 4.69) is 42.3 Å². The van der Waals surface area contributed by atoms with Gasteiger partial charge in [0.25, 0.3) is 11.8 Å². The number of piperazine rings is 1. The lowest BCUT2D eigenvalue weighted by Gasteiger charge is -2.30. The van der Waals surface area contributed by atoms with Crippen LogP contribution in [0.3, 0.4) is 0 Å². The normalized spacial score (nSPS) is 14.4. The van der Waals surface area contributed by atoms with Gasteiger partial charge in [0.05, 0.1) is 23.1 Å². The van der Waals surface area contributed by atoms with Crippen molar-refractivity contribution in [2.45, 2.75) is 20.5 Å². The molecule has 0 atom stereocenters. The molecule has 41 heavy (non-hydrogen) atoms. The van der Waals surface area contributed by atoms with Crippen molar-refractivity contribution in [3.05, 3.63) is 83.4 Å². The summed E-state index contributed by atoms with van der Waals surface area (Å²) >= 11 is 0. The summed E-state index contributed by atoms with van der Waals surface area (Å²) in [5, 5.41) is 14.0. The van der Waals surface area contributed by atoms with E-state index in [0.717, 1.165) is 31.9 Å². The van der Waals surface area contributed by atoms with Gasteiger partial charge in [0.1, 0.15) is 22.8 Å². The van der Waals surface area contributed by atoms with Crippen molar-refractivity contribution in [3.63, 3.8) is 0 Å². The summed E-state index contributed by atoms with van der Waals surface area (Å²) in [5.41, 5.74) is 2.25. The molecule has 0 bridgehead atoms. The lowest BCUT2D eigenvalue weighted by molar-refractivity contribution is -0.112. The van der Waals surface area contributed by atoms with Crippen molar-refractivity contribution in [2.75, 3.05) is 36.4 Å². The minimum atomic E-state index is -0.441. The third kappa shape index (κ3) is 5.65. The Bertz CT molecular complexity index is 1710. The molecule has 5 rings (SSSR count). The van der Waals surface area contributed by atoms with E-state index in [1.807, 2.05) is 6.07 Å². The standard InChI is InChI=1S/C28H31N9O4/c1-5-19(27(38)32-20-16-30-11-10-21(20)36-14-12-29-13-15-36)31-24(6-2)37-22-8-7-9-23(26(22)35(4)28(37)39)40-17-25-34-33-18(3)41-25/h5-11,16,29H,2,12-15,17H2,1,3-4H3,(H,32,38)/b19-5-,31-24?. The molecule has 4 heterocycles. The van der Waals surface area contributed by atoms with E-state index in [1.54, 1.807) is 57.6 Å². The first-order valence-electron chi connectivity index (χ1n) is 13.1. The number of fused-ring (bicyclic) bond motifs is 1. The van der Waals surface area contributed by atoms with Gasteiger partial charge in [-0.3, -0.25) is 14.3 Å². The summed E-state index contributed by atoms with van der Waals surface area (Å²) in [5.74, 6) is 0.931. The quantitative estimate of drug-likeness (QED) is 0.189. The highest BCUT2D eigenvalue weighted by Crippen LogP contribution is 2.27. The molecule has 0 spiro atoms. The summed E-state index contributed by atoms with van der Waals surface area (Å²) in [6.07, 6.45) is 6.33. The van der Waals surface area contributed by atoms with Crippen LogP contribution in [0.4, 0.5) is 11.4 Å². The lowest BCUT2D eigenvalue weighted by Crippen LogP contribution is -2.43. The maximum atomic E-state index is 13.4.